The van der Waals surface area contributed by atoms with Crippen molar-refractivity contribution >= 4 is 11.4 Å². The number of hydrogen-bond donors (Lipinski definition) is 1. The summed E-state index contributed by atoms with van der Waals surface area (Å²) in [5.41, 5.74) is 4.87. The van der Waals surface area contributed by atoms with Crippen LogP contribution < -0.4 is 10.2 Å². The van der Waals surface area contributed by atoms with Gasteiger partial charge in [0.2, 0.25) is 0 Å². The van der Waals surface area contributed by atoms with Gasteiger partial charge in [-0.25, -0.2) is 0 Å². The maximum Gasteiger partial charge on any atom is 0.0374 e. The molecule has 1 fully saturated rings. The van der Waals surface area contributed by atoms with Crippen molar-refractivity contribution in [3.05, 3.63) is 23.8 Å². The number of hydrogen-bond acceptors (Lipinski definition) is 2. The summed E-state index contributed by atoms with van der Waals surface area (Å²) in [6, 6.07) is 6.99. The molecule has 1 aromatic rings. The molecule has 1 N–H and O–H groups in total. The molecule has 2 nitrogen and oxygen atoms in total. The third-order valence-corrected chi connectivity index (χ3v) is 5.22. The van der Waals surface area contributed by atoms with Gasteiger partial charge in [-0.05, 0) is 54.9 Å². The van der Waals surface area contributed by atoms with Gasteiger partial charge in [0.25, 0.3) is 0 Å². The van der Waals surface area contributed by atoms with Gasteiger partial charge in [-0.1, -0.05) is 20.3 Å². The Bertz CT molecular complexity index is 445. The number of nitrogens with zero attached hydrogens (tertiary/aromatic N) is 1. The van der Waals surface area contributed by atoms with Crippen molar-refractivity contribution in [1.82, 2.24) is 0 Å². The van der Waals surface area contributed by atoms with E-state index < -0.39 is 0 Å². The van der Waals surface area contributed by atoms with Gasteiger partial charge >= 0.3 is 0 Å². The Morgan fingerprint density at radius 2 is 2.05 bits per heavy atom. The molecule has 2 heteroatoms. The van der Waals surface area contributed by atoms with Gasteiger partial charge in [0.05, 0.1) is 0 Å². The molecule has 1 aromatic carbocycles. The number of anilines is 2. The van der Waals surface area contributed by atoms with Crippen LogP contribution in [0, 0.1) is 5.41 Å². The number of piperidine rings is 1. The molecule has 0 spiro atoms. The second-order valence-corrected chi connectivity index (χ2v) is 6.52. The van der Waals surface area contributed by atoms with Crippen LogP contribution >= 0.6 is 0 Å². The molecule has 0 saturated carbocycles. The van der Waals surface area contributed by atoms with Crippen LogP contribution in [0.4, 0.5) is 11.4 Å². The minimum absolute atomic E-state index is 0.576. The van der Waals surface area contributed by atoms with Crippen LogP contribution in [0.2, 0.25) is 0 Å². The molecule has 2 heterocycles. The molecule has 0 amide bonds. The highest BCUT2D eigenvalue weighted by Gasteiger charge is 2.28. The van der Waals surface area contributed by atoms with E-state index in [4.69, 9.17) is 0 Å². The fraction of sp³-hybridized carbons (Fsp3) is 0.647. The largest absolute Gasteiger partial charge is 0.385 e. The van der Waals surface area contributed by atoms with Gasteiger partial charge in [0.15, 0.2) is 0 Å². The van der Waals surface area contributed by atoms with E-state index in [1.165, 1.54) is 62.1 Å². The van der Waals surface area contributed by atoms with Gasteiger partial charge in [0.1, 0.15) is 0 Å². The van der Waals surface area contributed by atoms with Gasteiger partial charge in [-0.15, -0.1) is 0 Å². The van der Waals surface area contributed by atoms with Crippen molar-refractivity contribution in [2.45, 2.75) is 46.0 Å². The van der Waals surface area contributed by atoms with Crippen LogP contribution in [-0.4, -0.2) is 19.6 Å². The predicted molar refractivity (Wildman–Crippen MR) is 83.1 cm³/mol. The van der Waals surface area contributed by atoms with E-state index in [-0.39, 0.29) is 0 Å². The summed E-state index contributed by atoms with van der Waals surface area (Å²) in [5, 5.41) is 3.50. The zero-order chi connectivity index (χ0) is 13.3. The first-order chi connectivity index (χ1) is 9.20. The number of benzene rings is 1. The van der Waals surface area contributed by atoms with Crippen molar-refractivity contribution < 1.29 is 0 Å². The van der Waals surface area contributed by atoms with Crippen LogP contribution in [0.1, 0.15) is 45.1 Å². The third-order valence-electron chi connectivity index (χ3n) is 5.22. The van der Waals surface area contributed by atoms with Crippen LogP contribution in [0.25, 0.3) is 0 Å². The average molecular weight is 258 g/mol. The van der Waals surface area contributed by atoms with Gasteiger partial charge in [0, 0.05) is 31.0 Å². The molecule has 2 aliphatic heterocycles. The number of rotatable bonds is 2. The van der Waals surface area contributed by atoms with Gasteiger partial charge in [-0.3, -0.25) is 0 Å². The molecule has 104 valence electrons. The van der Waals surface area contributed by atoms with Crippen molar-refractivity contribution in [2.24, 2.45) is 5.41 Å². The zero-order valence-corrected chi connectivity index (χ0v) is 12.3. The van der Waals surface area contributed by atoms with E-state index in [1.54, 1.807) is 0 Å². The topological polar surface area (TPSA) is 15.3 Å². The molecular weight excluding hydrogens is 232 g/mol. The summed E-state index contributed by atoms with van der Waals surface area (Å²) in [7, 11) is 0. The molecule has 0 bridgehead atoms. The van der Waals surface area contributed by atoms with Crippen molar-refractivity contribution in [1.29, 1.82) is 0 Å². The Kier molecular flexibility index (Phi) is 3.42. The minimum Gasteiger partial charge on any atom is -0.385 e. The van der Waals surface area contributed by atoms with E-state index in [2.05, 4.69) is 42.3 Å². The first-order valence-corrected chi connectivity index (χ1v) is 7.82. The molecule has 0 radical (unpaired) electrons. The predicted octanol–water partition coefficient (Wildman–Crippen LogP) is 4.06. The first-order valence-electron chi connectivity index (χ1n) is 7.82. The summed E-state index contributed by atoms with van der Waals surface area (Å²) >= 11 is 0. The Morgan fingerprint density at radius 3 is 2.79 bits per heavy atom. The fourth-order valence-corrected chi connectivity index (χ4v) is 3.32. The molecule has 0 aliphatic carbocycles. The third kappa shape index (κ3) is 2.58. The van der Waals surface area contributed by atoms with Crippen LogP contribution in [-0.2, 0) is 6.42 Å². The van der Waals surface area contributed by atoms with Crippen LogP contribution in [0.15, 0.2) is 18.2 Å². The molecule has 2 aliphatic rings. The first kappa shape index (κ1) is 12.8. The lowest BCUT2D eigenvalue weighted by Gasteiger charge is -2.40. The molecule has 19 heavy (non-hydrogen) atoms. The SMILES string of the molecule is CCC1(C)CCN(c2ccc3c(c2)CCCN3)CC1. The highest BCUT2D eigenvalue weighted by atomic mass is 15.1. The monoisotopic (exact) mass is 258 g/mol. The van der Waals surface area contributed by atoms with E-state index in [1.807, 2.05) is 0 Å². The molecule has 0 unspecified atom stereocenters. The smallest absolute Gasteiger partial charge is 0.0374 e. The summed E-state index contributed by atoms with van der Waals surface area (Å²) in [4.78, 5) is 2.58. The Balaban J connectivity index is 1.73. The van der Waals surface area contributed by atoms with Gasteiger partial charge < -0.3 is 10.2 Å². The molecule has 0 aromatic heterocycles. The van der Waals surface area contributed by atoms with Crippen molar-refractivity contribution in [3.63, 3.8) is 0 Å². The highest BCUT2D eigenvalue weighted by Crippen LogP contribution is 2.36. The molecule has 0 atom stereocenters. The lowest BCUT2D eigenvalue weighted by Crippen LogP contribution is -2.38. The lowest BCUT2D eigenvalue weighted by molar-refractivity contribution is 0.238. The van der Waals surface area contributed by atoms with E-state index in [9.17, 15) is 0 Å². The van der Waals surface area contributed by atoms with E-state index >= 15 is 0 Å². The number of fused-ring (bicyclic) bond motifs is 1. The Morgan fingerprint density at radius 1 is 1.26 bits per heavy atom. The van der Waals surface area contributed by atoms with E-state index in [0.29, 0.717) is 5.41 Å². The summed E-state index contributed by atoms with van der Waals surface area (Å²) in [6.07, 6.45) is 6.48. The number of nitrogens with one attached hydrogen (secondary N) is 1. The highest BCUT2D eigenvalue weighted by molar-refractivity contribution is 5.61. The fourth-order valence-electron chi connectivity index (χ4n) is 3.32. The second kappa shape index (κ2) is 5.07. The molecule has 3 rings (SSSR count). The van der Waals surface area contributed by atoms with Gasteiger partial charge in [-0.2, -0.15) is 0 Å². The quantitative estimate of drug-likeness (QED) is 0.860. The standard InChI is InChI=1S/C17H26N2/c1-3-17(2)8-11-19(12-9-17)15-6-7-16-14(13-15)5-4-10-18-16/h6-7,13,18H,3-5,8-12H2,1-2H3. The maximum atomic E-state index is 3.50. The number of aryl methyl sites for hydroxylation is 1. The summed E-state index contributed by atoms with van der Waals surface area (Å²) in [6.45, 7) is 8.35. The van der Waals surface area contributed by atoms with Crippen LogP contribution in [0.5, 0.6) is 0 Å². The second-order valence-electron chi connectivity index (χ2n) is 6.52. The van der Waals surface area contributed by atoms with Crippen molar-refractivity contribution in [2.75, 3.05) is 29.9 Å². The average Bonchev–Trinajstić information content (AvgIpc) is 2.47. The summed E-state index contributed by atoms with van der Waals surface area (Å²) < 4.78 is 0. The Hall–Kier alpha value is -1.18. The van der Waals surface area contributed by atoms with E-state index in [0.717, 1.165) is 6.54 Å². The Labute approximate surface area is 117 Å². The maximum absolute atomic E-state index is 3.50. The molecule has 1 saturated heterocycles. The minimum atomic E-state index is 0.576. The normalized spacial score (nSPS) is 21.7. The van der Waals surface area contributed by atoms with Crippen LogP contribution in [0.3, 0.4) is 0 Å². The summed E-state index contributed by atoms with van der Waals surface area (Å²) in [5.74, 6) is 0. The molecular formula is C17H26N2. The lowest BCUT2D eigenvalue weighted by atomic mass is 9.78. The van der Waals surface area contributed by atoms with Crippen molar-refractivity contribution in [3.8, 4) is 0 Å². The zero-order valence-electron chi connectivity index (χ0n) is 12.3.